The lowest BCUT2D eigenvalue weighted by atomic mass is 10.0. The molecule has 0 atom stereocenters. The van der Waals surface area contributed by atoms with Gasteiger partial charge in [-0.3, -0.25) is 4.79 Å². The fourth-order valence-corrected chi connectivity index (χ4v) is 2.69. The summed E-state index contributed by atoms with van der Waals surface area (Å²) in [6.45, 7) is 1.57. The van der Waals surface area contributed by atoms with E-state index >= 15 is 0 Å². The molecule has 1 heteroatoms. The summed E-state index contributed by atoms with van der Waals surface area (Å²) in [6, 6.07) is 26.7. The molecule has 122 valence electrons. The predicted molar refractivity (Wildman–Crippen MR) is 105 cm³/mol. The van der Waals surface area contributed by atoms with Crippen LogP contribution in [0.25, 0.3) is 18.2 Å². The lowest BCUT2D eigenvalue weighted by Gasteiger charge is -2.01. The van der Waals surface area contributed by atoms with Crippen LogP contribution >= 0.6 is 0 Å². The van der Waals surface area contributed by atoms with Crippen molar-refractivity contribution in [3.05, 3.63) is 112 Å². The molecular formula is C24H20O. The van der Waals surface area contributed by atoms with Crippen LogP contribution in [0.3, 0.4) is 0 Å². The Morgan fingerprint density at radius 2 is 1.32 bits per heavy atom. The average molecular weight is 324 g/mol. The Hall–Kier alpha value is -3.19. The Kier molecular flexibility index (Phi) is 5.38. The summed E-state index contributed by atoms with van der Waals surface area (Å²) < 4.78 is 0. The van der Waals surface area contributed by atoms with Crippen molar-refractivity contribution >= 4 is 24.0 Å². The number of benzene rings is 3. The van der Waals surface area contributed by atoms with Crippen molar-refractivity contribution in [2.24, 2.45) is 0 Å². The normalized spacial score (nSPS) is 12.7. The molecular weight excluding hydrogens is 304 g/mol. The highest BCUT2D eigenvalue weighted by Crippen LogP contribution is 2.02. The predicted octanol–water partition coefficient (Wildman–Crippen LogP) is 3.95. The minimum atomic E-state index is 0.0445. The third kappa shape index (κ3) is 4.65. The first-order valence-corrected chi connectivity index (χ1v) is 8.33. The summed E-state index contributed by atoms with van der Waals surface area (Å²) >= 11 is 0. The number of hydrogen-bond donors (Lipinski definition) is 0. The van der Waals surface area contributed by atoms with Crippen LogP contribution in [-0.2, 0) is 4.79 Å². The molecule has 0 bridgehead atoms. The van der Waals surface area contributed by atoms with Gasteiger partial charge >= 0.3 is 0 Å². The number of allylic oxidation sites excluding steroid dienone is 1. The Labute approximate surface area is 148 Å². The number of rotatable bonds is 4. The minimum Gasteiger partial charge on any atom is -0.295 e. The standard InChI is InChI=1S/C24H20O/c1-19(25)15-16-22-13-8-14-23(17-20-9-4-2-5-10-20)24(22)18-21-11-6-3-7-12-21/h2-18H,1H3. The van der Waals surface area contributed by atoms with Crippen molar-refractivity contribution in [3.63, 3.8) is 0 Å². The van der Waals surface area contributed by atoms with E-state index in [1.165, 1.54) is 0 Å². The van der Waals surface area contributed by atoms with Gasteiger partial charge in [-0.05, 0) is 52.3 Å². The zero-order chi connectivity index (χ0) is 17.5. The molecule has 3 aromatic carbocycles. The SMILES string of the molecule is CC(=O)C=Cc1cccc(=Cc2ccccc2)c1=Cc1ccccc1. The Bertz CT molecular complexity index is 997. The van der Waals surface area contributed by atoms with Crippen LogP contribution in [0.2, 0.25) is 0 Å². The molecule has 0 heterocycles. The minimum absolute atomic E-state index is 0.0445. The van der Waals surface area contributed by atoms with Gasteiger partial charge in [-0.15, -0.1) is 0 Å². The van der Waals surface area contributed by atoms with Crippen LogP contribution in [0.1, 0.15) is 23.6 Å². The second-order valence-corrected chi connectivity index (χ2v) is 5.90. The van der Waals surface area contributed by atoms with Gasteiger partial charge in [-0.1, -0.05) is 84.9 Å². The summed E-state index contributed by atoms with van der Waals surface area (Å²) in [7, 11) is 0. The van der Waals surface area contributed by atoms with Crippen LogP contribution in [0.4, 0.5) is 0 Å². The smallest absolute Gasteiger partial charge is 0.152 e. The molecule has 0 unspecified atom stereocenters. The number of carbonyl (C=O) groups is 1. The summed E-state index contributed by atoms with van der Waals surface area (Å²) in [5, 5.41) is 2.23. The third-order valence-electron chi connectivity index (χ3n) is 3.90. The van der Waals surface area contributed by atoms with Gasteiger partial charge in [0.2, 0.25) is 0 Å². The molecule has 0 saturated heterocycles. The highest BCUT2D eigenvalue weighted by Gasteiger charge is 1.96. The Morgan fingerprint density at radius 3 is 1.92 bits per heavy atom. The van der Waals surface area contributed by atoms with Gasteiger partial charge in [0.05, 0.1) is 0 Å². The van der Waals surface area contributed by atoms with E-state index in [2.05, 4.69) is 42.5 Å². The van der Waals surface area contributed by atoms with Gasteiger partial charge < -0.3 is 0 Å². The zero-order valence-electron chi connectivity index (χ0n) is 14.2. The quantitative estimate of drug-likeness (QED) is 0.664. The van der Waals surface area contributed by atoms with Crippen molar-refractivity contribution in [2.45, 2.75) is 6.92 Å². The first-order valence-electron chi connectivity index (χ1n) is 8.33. The van der Waals surface area contributed by atoms with Gasteiger partial charge in [0, 0.05) is 0 Å². The van der Waals surface area contributed by atoms with E-state index in [4.69, 9.17) is 0 Å². The molecule has 0 aliphatic rings. The van der Waals surface area contributed by atoms with Crippen LogP contribution in [0.15, 0.2) is 84.9 Å². The van der Waals surface area contributed by atoms with Crippen LogP contribution in [-0.4, -0.2) is 5.78 Å². The largest absolute Gasteiger partial charge is 0.295 e. The first-order chi connectivity index (χ1) is 12.2. The zero-order valence-corrected chi connectivity index (χ0v) is 14.2. The highest BCUT2D eigenvalue weighted by molar-refractivity contribution is 5.91. The molecule has 0 N–H and O–H groups in total. The molecule has 3 aromatic rings. The van der Waals surface area contributed by atoms with Crippen LogP contribution < -0.4 is 10.4 Å². The van der Waals surface area contributed by atoms with E-state index < -0.39 is 0 Å². The molecule has 0 aliphatic carbocycles. The van der Waals surface area contributed by atoms with Gasteiger partial charge in [0.25, 0.3) is 0 Å². The van der Waals surface area contributed by atoms with Gasteiger partial charge in [0.1, 0.15) is 0 Å². The van der Waals surface area contributed by atoms with Gasteiger partial charge in [0.15, 0.2) is 5.78 Å². The molecule has 0 aliphatic heterocycles. The third-order valence-corrected chi connectivity index (χ3v) is 3.90. The lowest BCUT2D eigenvalue weighted by Crippen LogP contribution is -2.27. The fourth-order valence-electron chi connectivity index (χ4n) is 2.69. The van der Waals surface area contributed by atoms with E-state index in [0.29, 0.717) is 0 Å². The second kappa shape index (κ2) is 8.07. The summed E-state index contributed by atoms with van der Waals surface area (Å²) in [6.07, 6.45) is 7.83. The van der Waals surface area contributed by atoms with Crippen LogP contribution in [0.5, 0.6) is 0 Å². The van der Waals surface area contributed by atoms with Crippen LogP contribution in [0, 0.1) is 0 Å². The summed E-state index contributed by atoms with van der Waals surface area (Å²) in [4.78, 5) is 11.4. The second-order valence-electron chi connectivity index (χ2n) is 5.90. The molecule has 0 aromatic heterocycles. The van der Waals surface area contributed by atoms with Crippen molar-refractivity contribution < 1.29 is 4.79 Å². The van der Waals surface area contributed by atoms with E-state index in [9.17, 15) is 4.79 Å². The van der Waals surface area contributed by atoms with Crippen molar-refractivity contribution in [3.8, 4) is 0 Å². The topological polar surface area (TPSA) is 17.1 Å². The number of hydrogen-bond acceptors (Lipinski definition) is 1. The number of carbonyl (C=O) groups excluding carboxylic acids is 1. The summed E-state index contributed by atoms with van der Waals surface area (Å²) in [5.41, 5.74) is 3.32. The molecule has 0 spiro atoms. The lowest BCUT2D eigenvalue weighted by molar-refractivity contribution is -0.112. The highest BCUT2D eigenvalue weighted by atomic mass is 16.1. The van der Waals surface area contributed by atoms with E-state index in [1.807, 2.05) is 54.6 Å². The molecule has 0 amide bonds. The van der Waals surface area contributed by atoms with E-state index in [1.54, 1.807) is 13.0 Å². The van der Waals surface area contributed by atoms with Crippen molar-refractivity contribution in [2.75, 3.05) is 0 Å². The molecule has 3 rings (SSSR count). The van der Waals surface area contributed by atoms with Crippen molar-refractivity contribution in [1.82, 2.24) is 0 Å². The maximum Gasteiger partial charge on any atom is 0.152 e. The Balaban J connectivity index is 2.25. The average Bonchev–Trinajstić information content (AvgIpc) is 2.63. The van der Waals surface area contributed by atoms with Crippen molar-refractivity contribution in [1.29, 1.82) is 0 Å². The molecule has 1 nitrogen and oxygen atoms in total. The Morgan fingerprint density at radius 1 is 0.720 bits per heavy atom. The van der Waals surface area contributed by atoms with E-state index in [-0.39, 0.29) is 5.78 Å². The fraction of sp³-hybridized carbons (Fsp3) is 0.0417. The first kappa shape index (κ1) is 16.7. The monoisotopic (exact) mass is 324 g/mol. The molecule has 25 heavy (non-hydrogen) atoms. The van der Waals surface area contributed by atoms with E-state index in [0.717, 1.165) is 27.1 Å². The van der Waals surface area contributed by atoms with Gasteiger partial charge in [-0.25, -0.2) is 0 Å². The summed E-state index contributed by atoms with van der Waals surface area (Å²) in [5.74, 6) is 0.0445. The molecule has 0 fully saturated rings. The maximum atomic E-state index is 11.4. The molecule has 0 radical (unpaired) electrons. The maximum absolute atomic E-state index is 11.4. The molecule has 0 saturated carbocycles. The van der Waals surface area contributed by atoms with Gasteiger partial charge in [-0.2, -0.15) is 0 Å². The number of ketones is 1.